The molecule has 0 rings (SSSR count). The monoisotopic (exact) mass is 299 g/mol. The number of hydrogen-bond acceptors (Lipinski definition) is 4. The van der Waals surface area contributed by atoms with Crippen LogP contribution in [0.25, 0.3) is 0 Å². The Kier molecular flexibility index (Phi) is 7.16. The lowest BCUT2D eigenvalue weighted by Gasteiger charge is -2.35. The number of hydrogen-bond donors (Lipinski definition) is 0. The highest BCUT2D eigenvalue weighted by Gasteiger charge is 2.35. The van der Waals surface area contributed by atoms with Crippen molar-refractivity contribution >= 4 is 21.2 Å². The zero-order valence-corrected chi connectivity index (χ0v) is 13.7. The predicted octanol–water partition coefficient (Wildman–Crippen LogP) is 0.688. The molecule has 2 atom stereocenters. The summed E-state index contributed by atoms with van der Waals surface area (Å²) in [4.78, 5) is 0. The fraction of sp³-hybridized carbons (Fsp3) is 1.00. The maximum Gasteiger partial charge on any atom is 0.211 e. The van der Waals surface area contributed by atoms with E-state index in [-0.39, 0.29) is 18.1 Å². The van der Waals surface area contributed by atoms with E-state index in [4.69, 9.17) is 4.74 Å². The van der Waals surface area contributed by atoms with Crippen LogP contribution in [0.2, 0.25) is 0 Å². The lowest BCUT2D eigenvalue weighted by Crippen LogP contribution is -2.46. The van der Waals surface area contributed by atoms with Gasteiger partial charge in [0.05, 0.1) is 18.6 Å². The van der Waals surface area contributed by atoms with Crippen molar-refractivity contribution in [1.29, 1.82) is 0 Å². The summed E-state index contributed by atoms with van der Waals surface area (Å²) < 4.78 is 41.1. The summed E-state index contributed by atoms with van der Waals surface area (Å²) in [6.07, 6.45) is 2.54. The Morgan fingerprint density at radius 2 is 1.94 bits per heavy atom. The SMILES string of the molecule is CCOC(CN(C)S(C)(=O)=O)C(C)(C)C[S+](C)[O-]. The van der Waals surface area contributed by atoms with Crippen LogP contribution in [0.15, 0.2) is 0 Å². The first kappa shape index (κ1) is 18.2. The normalized spacial score (nSPS) is 16.9. The lowest BCUT2D eigenvalue weighted by atomic mass is 9.88. The number of ether oxygens (including phenoxy) is 1. The summed E-state index contributed by atoms with van der Waals surface area (Å²) in [6.45, 7) is 6.54. The maximum absolute atomic E-state index is 11.4. The first-order valence-corrected chi connectivity index (χ1v) is 9.41. The van der Waals surface area contributed by atoms with Gasteiger partial charge in [-0.25, -0.2) is 12.7 Å². The van der Waals surface area contributed by atoms with E-state index < -0.39 is 21.2 Å². The van der Waals surface area contributed by atoms with Gasteiger partial charge in [-0.1, -0.05) is 25.0 Å². The molecular formula is C11H25NO4S2. The van der Waals surface area contributed by atoms with Crippen molar-refractivity contribution in [1.82, 2.24) is 4.31 Å². The summed E-state index contributed by atoms with van der Waals surface area (Å²) in [5.74, 6) is 0.481. The molecule has 18 heavy (non-hydrogen) atoms. The van der Waals surface area contributed by atoms with E-state index in [9.17, 15) is 13.0 Å². The van der Waals surface area contributed by atoms with Crippen molar-refractivity contribution in [3.05, 3.63) is 0 Å². The van der Waals surface area contributed by atoms with Gasteiger partial charge in [-0.05, 0) is 6.92 Å². The Morgan fingerprint density at radius 3 is 2.28 bits per heavy atom. The number of rotatable bonds is 8. The Labute approximate surface area is 114 Å². The molecule has 7 heteroatoms. The van der Waals surface area contributed by atoms with Gasteiger partial charge in [0, 0.05) is 25.6 Å². The van der Waals surface area contributed by atoms with Gasteiger partial charge in [-0.3, -0.25) is 0 Å². The Bertz CT molecular complexity index is 341. The molecule has 0 aliphatic rings. The van der Waals surface area contributed by atoms with Crippen LogP contribution < -0.4 is 0 Å². The van der Waals surface area contributed by atoms with Crippen molar-refractivity contribution in [3.8, 4) is 0 Å². The molecule has 0 fully saturated rings. The van der Waals surface area contributed by atoms with Crippen LogP contribution in [0.3, 0.4) is 0 Å². The highest BCUT2D eigenvalue weighted by molar-refractivity contribution is 7.90. The third kappa shape index (κ3) is 6.38. The van der Waals surface area contributed by atoms with Gasteiger partial charge < -0.3 is 9.29 Å². The minimum atomic E-state index is -3.23. The van der Waals surface area contributed by atoms with Gasteiger partial charge >= 0.3 is 0 Å². The molecule has 0 spiro atoms. The molecule has 110 valence electrons. The molecule has 0 amide bonds. The Balaban J connectivity index is 4.85. The van der Waals surface area contributed by atoms with Crippen LogP contribution in [0, 0.1) is 5.41 Å². The van der Waals surface area contributed by atoms with Crippen LogP contribution in [-0.2, 0) is 25.9 Å². The molecule has 0 aliphatic heterocycles. The molecule has 2 unspecified atom stereocenters. The van der Waals surface area contributed by atoms with E-state index >= 15 is 0 Å². The molecule has 0 aromatic rings. The van der Waals surface area contributed by atoms with Crippen molar-refractivity contribution in [2.45, 2.75) is 26.9 Å². The maximum atomic E-state index is 11.4. The molecule has 5 nitrogen and oxygen atoms in total. The van der Waals surface area contributed by atoms with Crippen LogP contribution in [0.4, 0.5) is 0 Å². The standard InChI is InChI=1S/C11H25NO4S2/c1-7-16-10(8-12(4)18(6,14)15)11(2,3)9-17(5)13/h10H,7-9H2,1-6H3. The number of sulfonamides is 1. The average molecular weight is 299 g/mol. The van der Waals surface area contributed by atoms with E-state index in [2.05, 4.69) is 0 Å². The van der Waals surface area contributed by atoms with Crippen LogP contribution in [0.1, 0.15) is 20.8 Å². The van der Waals surface area contributed by atoms with Gasteiger partial charge in [0.2, 0.25) is 10.0 Å². The van der Waals surface area contributed by atoms with Crippen molar-refractivity contribution in [2.75, 3.05) is 38.5 Å². The van der Waals surface area contributed by atoms with Gasteiger partial charge in [0.15, 0.2) is 0 Å². The van der Waals surface area contributed by atoms with Gasteiger partial charge in [-0.15, -0.1) is 0 Å². The molecule has 0 aliphatic carbocycles. The molecule has 0 radical (unpaired) electrons. The molecule has 0 aromatic heterocycles. The first-order valence-electron chi connectivity index (χ1n) is 5.83. The Hall–Kier alpha value is 0.180. The minimum absolute atomic E-state index is 0.272. The van der Waals surface area contributed by atoms with Crippen molar-refractivity contribution < 1.29 is 17.7 Å². The predicted molar refractivity (Wildman–Crippen MR) is 75.6 cm³/mol. The average Bonchev–Trinajstić information content (AvgIpc) is 2.13. The molecule has 0 heterocycles. The highest BCUT2D eigenvalue weighted by atomic mass is 32.2. The molecule has 0 aromatic carbocycles. The highest BCUT2D eigenvalue weighted by Crippen LogP contribution is 2.26. The fourth-order valence-electron chi connectivity index (χ4n) is 1.71. The summed E-state index contributed by atoms with van der Waals surface area (Å²) >= 11 is -0.943. The summed E-state index contributed by atoms with van der Waals surface area (Å²) in [5, 5.41) is 0. The summed E-state index contributed by atoms with van der Waals surface area (Å²) in [7, 11) is -1.70. The van der Waals surface area contributed by atoms with Crippen molar-refractivity contribution in [3.63, 3.8) is 0 Å². The van der Waals surface area contributed by atoms with Crippen LogP contribution in [0.5, 0.6) is 0 Å². The zero-order valence-electron chi connectivity index (χ0n) is 12.1. The molecule has 0 N–H and O–H groups in total. The first-order chi connectivity index (χ1) is 8.00. The van der Waals surface area contributed by atoms with Crippen molar-refractivity contribution in [2.24, 2.45) is 5.41 Å². The molecule has 0 saturated heterocycles. The zero-order chi connectivity index (χ0) is 14.6. The van der Waals surface area contributed by atoms with E-state index in [0.29, 0.717) is 12.4 Å². The van der Waals surface area contributed by atoms with Gasteiger partial charge in [-0.2, -0.15) is 0 Å². The molecule has 0 bridgehead atoms. The largest absolute Gasteiger partial charge is 0.617 e. The second-order valence-electron chi connectivity index (χ2n) is 5.19. The second kappa shape index (κ2) is 7.09. The lowest BCUT2D eigenvalue weighted by molar-refractivity contribution is -0.0170. The van der Waals surface area contributed by atoms with E-state index in [1.54, 1.807) is 6.26 Å². The number of likely N-dealkylation sites (N-methyl/N-ethyl adjacent to an activating group) is 1. The van der Waals surface area contributed by atoms with Crippen LogP contribution in [-0.4, -0.2) is 61.8 Å². The minimum Gasteiger partial charge on any atom is -0.617 e. The Morgan fingerprint density at radius 1 is 1.44 bits per heavy atom. The van der Waals surface area contributed by atoms with Gasteiger partial charge in [0.1, 0.15) is 5.75 Å². The third-order valence-corrected chi connectivity index (χ3v) is 5.24. The van der Waals surface area contributed by atoms with E-state index in [1.165, 1.54) is 17.6 Å². The van der Waals surface area contributed by atoms with E-state index in [1.807, 2.05) is 20.8 Å². The fourth-order valence-corrected chi connectivity index (χ4v) is 3.35. The second-order valence-corrected chi connectivity index (χ2v) is 8.72. The molecule has 0 saturated carbocycles. The van der Waals surface area contributed by atoms with Gasteiger partial charge in [0.25, 0.3) is 0 Å². The topological polar surface area (TPSA) is 69.7 Å². The smallest absolute Gasteiger partial charge is 0.211 e. The summed E-state index contributed by atoms with van der Waals surface area (Å²) in [5.41, 5.74) is -0.339. The summed E-state index contributed by atoms with van der Waals surface area (Å²) in [6, 6.07) is 0. The quantitative estimate of drug-likeness (QED) is 0.618. The van der Waals surface area contributed by atoms with E-state index in [0.717, 1.165) is 0 Å². The number of nitrogens with zero attached hydrogens (tertiary/aromatic N) is 1. The van der Waals surface area contributed by atoms with Crippen LogP contribution >= 0.6 is 0 Å². The third-order valence-electron chi connectivity index (χ3n) is 2.80. The molecular weight excluding hydrogens is 274 g/mol.